The van der Waals surface area contributed by atoms with E-state index in [2.05, 4.69) is 9.82 Å². The molecule has 0 radical (unpaired) electrons. The summed E-state index contributed by atoms with van der Waals surface area (Å²) in [5.74, 6) is 0.968. The molecule has 1 heterocycles. The van der Waals surface area contributed by atoms with Gasteiger partial charge in [0.2, 0.25) is 10.0 Å². The summed E-state index contributed by atoms with van der Waals surface area (Å²) in [4.78, 5) is -0.214. The predicted octanol–water partition coefficient (Wildman–Crippen LogP) is 3.39. The van der Waals surface area contributed by atoms with Crippen LogP contribution >= 0.6 is 0 Å². The Labute approximate surface area is 171 Å². The van der Waals surface area contributed by atoms with E-state index in [9.17, 15) is 21.6 Å². The molecule has 0 bridgehead atoms. The van der Waals surface area contributed by atoms with Crippen LogP contribution in [0.1, 0.15) is 11.1 Å². The molecule has 1 N–H and O–H groups in total. The highest BCUT2D eigenvalue weighted by Crippen LogP contribution is 2.30. The molecule has 2 aromatic carbocycles. The summed E-state index contributed by atoms with van der Waals surface area (Å²) in [6.45, 7) is -0.100. The Morgan fingerprint density at radius 1 is 1.10 bits per heavy atom. The summed E-state index contributed by atoms with van der Waals surface area (Å²) >= 11 is 0. The second kappa shape index (κ2) is 8.36. The molecule has 0 fully saturated rings. The zero-order chi connectivity index (χ0) is 21.9. The molecule has 11 heteroatoms. The Hall–Kier alpha value is -3.05. The molecule has 3 rings (SSSR count). The highest BCUT2D eigenvalue weighted by molar-refractivity contribution is 7.89. The van der Waals surface area contributed by atoms with E-state index in [0.29, 0.717) is 23.3 Å². The quantitative estimate of drug-likeness (QED) is 0.608. The molecule has 0 aliphatic rings. The number of hydrogen-bond acceptors (Lipinski definition) is 5. The molecule has 3 aromatic rings. The number of alkyl halides is 3. The van der Waals surface area contributed by atoms with Crippen LogP contribution in [-0.2, 0) is 22.7 Å². The Balaban J connectivity index is 1.90. The first-order valence-corrected chi connectivity index (χ1v) is 10.1. The van der Waals surface area contributed by atoms with E-state index in [-0.39, 0.29) is 17.1 Å². The van der Waals surface area contributed by atoms with Crippen molar-refractivity contribution in [1.29, 1.82) is 0 Å². The third kappa shape index (κ3) is 4.57. The summed E-state index contributed by atoms with van der Waals surface area (Å²) in [6, 6.07) is 10.6. The van der Waals surface area contributed by atoms with Crippen molar-refractivity contribution in [2.24, 2.45) is 0 Å². The van der Waals surface area contributed by atoms with Crippen LogP contribution in [0.5, 0.6) is 11.5 Å². The number of hydrogen-bond donors (Lipinski definition) is 1. The lowest BCUT2D eigenvalue weighted by atomic mass is 10.2. The van der Waals surface area contributed by atoms with Gasteiger partial charge in [0.1, 0.15) is 16.4 Å². The van der Waals surface area contributed by atoms with Gasteiger partial charge in [-0.15, -0.1) is 0 Å². The molecule has 0 aliphatic heterocycles. The van der Waals surface area contributed by atoms with Crippen LogP contribution < -0.4 is 14.2 Å². The minimum atomic E-state index is -4.59. The van der Waals surface area contributed by atoms with Gasteiger partial charge in [0.25, 0.3) is 0 Å². The maximum Gasteiger partial charge on any atom is 0.419 e. The number of ether oxygens (including phenoxy) is 2. The molecule has 0 saturated carbocycles. The van der Waals surface area contributed by atoms with Crippen LogP contribution in [0.2, 0.25) is 0 Å². The fourth-order valence-corrected chi connectivity index (χ4v) is 3.92. The number of sulfonamides is 1. The van der Waals surface area contributed by atoms with Crippen molar-refractivity contribution in [3.8, 4) is 17.2 Å². The first-order valence-electron chi connectivity index (χ1n) is 8.57. The molecule has 0 atom stereocenters. The Morgan fingerprint density at radius 3 is 2.47 bits per heavy atom. The van der Waals surface area contributed by atoms with Gasteiger partial charge in [-0.1, -0.05) is 18.2 Å². The van der Waals surface area contributed by atoms with E-state index in [1.807, 2.05) is 0 Å². The van der Waals surface area contributed by atoms with E-state index in [4.69, 9.17) is 9.47 Å². The zero-order valence-electron chi connectivity index (χ0n) is 16.0. The van der Waals surface area contributed by atoms with Crippen LogP contribution in [0, 0.1) is 0 Å². The Morgan fingerprint density at radius 2 is 1.83 bits per heavy atom. The van der Waals surface area contributed by atoms with Crippen LogP contribution in [-0.4, -0.2) is 32.4 Å². The minimum Gasteiger partial charge on any atom is -0.497 e. The van der Waals surface area contributed by atoms with Gasteiger partial charge in [0.05, 0.1) is 31.7 Å². The third-order valence-electron chi connectivity index (χ3n) is 4.26. The lowest BCUT2D eigenvalue weighted by molar-refractivity contribution is -0.137. The summed E-state index contributed by atoms with van der Waals surface area (Å²) in [7, 11) is -1.15. The Kier molecular flexibility index (Phi) is 6.04. The molecule has 0 amide bonds. The standard InChI is InChI=1S/C19H18F3N3O4S/c1-28-15-8-7-13(17(9-15)29-2)10-24-30(26,27)18-6-4-3-5-16(18)25-12-14(11-23-25)19(20,21)22/h3-9,11-12,24H,10H2,1-2H3. The number of nitrogens with zero attached hydrogens (tertiary/aromatic N) is 2. The van der Waals surface area contributed by atoms with E-state index < -0.39 is 21.8 Å². The average Bonchev–Trinajstić information content (AvgIpc) is 3.23. The number of para-hydroxylation sites is 1. The molecule has 160 valence electrons. The maximum atomic E-state index is 12.9. The van der Waals surface area contributed by atoms with Crippen molar-refractivity contribution in [2.45, 2.75) is 17.6 Å². The lowest BCUT2D eigenvalue weighted by Gasteiger charge is -2.14. The molecule has 30 heavy (non-hydrogen) atoms. The van der Waals surface area contributed by atoms with Gasteiger partial charge in [0, 0.05) is 24.4 Å². The van der Waals surface area contributed by atoms with Gasteiger partial charge >= 0.3 is 6.18 Å². The van der Waals surface area contributed by atoms with Gasteiger partial charge < -0.3 is 9.47 Å². The maximum absolute atomic E-state index is 12.9. The number of benzene rings is 2. The smallest absolute Gasteiger partial charge is 0.419 e. The summed E-state index contributed by atoms with van der Waals surface area (Å²) in [5, 5.41) is 3.66. The fraction of sp³-hybridized carbons (Fsp3) is 0.211. The molecule has 0 spiro atoms. The van der Waals surface area contributed by atoms with Crippen molar-refractivity contribution >= 4 is 10.0 Å². The monoisotopic (exact) mass is 441 g/mol. The first-order chi connectivity index (χ1) is 14.2. The molecular weight excluding hydrogens is 423 g/mol. The van der Waals surface area contributed by atoms with E-state index in [1.54, 1.807) is 18.2 Å². The second-order valence-corrected chi connectivity index (χ2v) is 7.88. The average molecular weight is 441 g/mol. The lowest BCUT2D eigenvalue weighted by Crippen LogP contribution is -2.25. The molecule has 7 nitrogen and oxygen atoms in total. The van der Waals surface area contributed by atoms with E-state index in [1.165, 1.54) is 38.5 Å². The molecular formula is C19H18F3N3O4S. The predicted molar refractivity (Wildman–Crippen MR) is 102 cm³/mol. The van der Waals surface area contributed by atoms with Gasteiger partial charge in [-0.25, -0.2) is 17.8 Å². The van der Waals surface area contributed by atoms with Crippen LogP contribution in [0.15, 0.2) is 59.8 Å². The number of aromatic nitrogens is 2. The number of rotatable bonds is 7. The van der Waals surface area contributed by atoms with Gasteiger partial charge in [-0.3, -0.25) is 0 Å². The summed E-state index contributed by atoms with van der Waals surface area (Å²) in [6.07, 6.45) is -3.21. The van der Waals surface area contributed by atoms with Crippen molar-refractivity contribution in [3.63, 3.8) is 0 Å². The Bertz CT molecular complexity index is 1140. The topological polar surface area (TPSA) is 82.5 Å². The molecule has 0 unspecified atom stereocenters. The van der Waals surface area contributed by atoms with Crippen molar-refractivity contribution < 1.29 is 31.1 Å². The first kappa shape index (κ1) is 21.7. The normalized spacial score (nSPS) is 12.0. The number of methoxy groups -OCH3 is 2. The SMILES string of the molecule is COc1ccc(CNS(=O)(=O)c2ccccc2-n2cc(C(F)(F)F)cn2)c(OC)c1. The highest BCUT2D eigenvalue weighted by Gasteiger charge is 2.32. The van der Waals surface area contributed by atoms with Gasteiger partial charge in [0.15, 0.2) is 0 Å². The van der Waals surface area contributed by atoms with Crippen molar-refractivity contribution in [1.82, 2.24) is 14.5 Å². The second-order valence-electron chi connectivity index (χ2n) is 6.14. The van der Waals surface area contributed by atoms with Crippen molar-refractivity contribution in [2.75, 3.05) is 14.2 Å². The summed E-state index contributed by atoms with van der Waals surface area (Å²) < 4.78 is 78.1. The fourth-order valence-electron chi connectivity index (χ4n) is 2.72. The van der Waals surface area contributed by atoms with E-state index in [0.717, 1.165) is 10.9 Å². The highest BCUT2D eigenvalue weighted by atomic mass is 32.2. The molecule has 1 aromatic heterocycles. The van der Waals surface area contributed by atoms with Crippen LogP contribution in [0.4, 0.5) is 13.2 Å². The van der Waals surface area contributed by atoms with Crippen LogP contribution in [0.25, 0.3) is 5.69 Å². The van der Waals surface area contributed by atoms with Gasteiger partial charge in [-0.05, 0) is 18.2 Å². The van der Waals surface area contributed by atoms with Crippen LogP contribution in [0.3, 0.4) is 0 Å². The van der Waals surface area contributed by atoms with E-state index >= 15 is 0 Å². The largest absolute Gasteiger partial charge is 0.497 e. The van der Waals surface area contributed by atoms with Gasteiger partial charge in [-0.2, -0.15) is 18.3 Å². The third-order valence-corrected chi connectivity index (χ3v) is 5.71. The minimum absolute atomic E-state index is 0.0119. The zero-order valence-corrected chi connectivity index (χ0v) is 16.8. The molecule has 0 saturated heterocycles. The number of halogens is 3. The molecule has 0 aliphatic carbocycles. The van der Waals surface area contributed by atoms with Crippen molar-refractivity contribution in [3.05, 3.63) is 66.0 Å². The summed E-state index contributed by atoms with van der Waals surface area (Å²) in [5.41, 5.74) is -0.439. The number of nitrogens with one attached hydrogen (secondary N) is 1.